The minimum Gasteiger partial charge on any atom is -0.444 e. The molecule has 2 aromatic rings. The van der Waals surface area contributed by atoms with Gasteiger partial charge in [0.25, 0.3) is 0 Å². The van der Waals surface area contributed by atoms with Crippen LogP contribution < -0.4 is 10.2 Å². The molecule has 1 aliphatic heterocycles. The SMILES string of the molecule is Cc1c[nH]c2ncnc(N3CCC(C=O)(NC(=O)OC(C)(C)C)C3)c12. The molecule has 3 heterocycles. The first kappa shape index (κ1) is 17.2. The lowest BCUT2D eigenvalue weighted by molar-refractivity contribution is -0.112. The summed E-state index contributed by atoms with van der Waals surface area (Å²) in [5.74, 6) is 0.762. The highest BCUT2D eigenvalue weighted by molar-refractivity contribution is 5.91. The number of aromatic amines is 1. The highest BCUT2D eigenvalue weighted by Gasteiger charge is 2.41. The molecule has 25 heavy (non-hydrogen) atoms. The van der Waals surface area contributed by atoms with Gasteiger partial charge in [-0.1, -0.05) is 0 Å². The number of nitrogens with zero attached hydrogens (tertiary/aromatic N) is 3. The largest absolute Gasteiger partial charge is 0.444 e. The van der Waals surface area contributed by atoms with E-state index >= 15 is 0 Å². The van der Waals surface area contributed by atoms with Crippen LogP contribution in [-0.2, 0) is 9.53 Å². The van der Waals surface area contributed by atoms with Crippen LogP contribution in [0.1, 0.15) is 32.8 Å². The van der Waals surface area contributed by atoms with Gasteiger partial charge in [-0.15, -0.1) is 0 Å². The number of carbonyl (C=O) groups is 2. The van der Waals surface area contributed by atoms with E-state index in [1.165, 1.54) is 6.33 Å². The van der Waals surface area contributed by atoms with Gasteiger partial charge in [0.1, 0.15) is 35.2 Å². The second kappa shape index (κ2) is 6.02. The number of fused-ring (bicyclic) bond motifs is 1. The van der Waals surface area contributed by atoms with Gasteiger partial charge in [0.15, 0.2) is 0 Å². The molecule has 2 aromatic heterocycles. The van der Waals surface area contributed by atoms with Gasteiger partial charge < -0.3 is 24.7 Å². The number of hydrogen-bond donors (Lipinski definition) is 2. The molecule has 134 valence electrons. The number of aromatic nitrogens is 3. The van der Waals surface area contributed by atoms with E-state index in [9.17, 15) is 9.59 Å². The molecule has 1 unspecified atom stereocenters. The number of nitrogens with one attached hydrogen (secondary N) is 2. The van der Waals surface area contributed by atoms with E-state index < -0.39 is 17.2 Å². The zero-order valence-electron chi connectivity index (χ0n) is 14.9. The van der Waals surface area contributed by atoms with Gasteiger partial charge in [-0.25, -0.2) is 14.8 Å². The molecule has 8 heteroatoms. The summed E-state index contributed by atoms with van der Waals surface area (Å²) < 4.78 is 5.29. The number of carbonyl (C=O) groups excluding carboxylic acids is 2. The predicted molar refractivity (Wildman–Crippen MR) is 93.6 cm³/mol. The van der Waals surface area contributed by atoms with E-state index in [-0.39, 0.29) is 0 Å². The fourth-order valence-corrected chi connectivity index (χ4v) is 3.09. The van der Waals surface area contributed by atoms with E-state index in [2.05, 4.69) is 20.3 Å². The van der Waals surface area contributed by atoms with Crippen molar-refractivity contribution < 1.29 is 14.3 Å². The second-order valence-electron chi connectivity index (χ2n) is 7.47. The van der Waals surface area contributed by atoms with Crippen LogP contribution in [0.2, 0.25) is 0 Å². The number of aryl methyl sites for hydroxylation is 1. The zero-order valence-corrected chi connectivity index (χ0v) is 14.9. The summed E-state index contributed by atoms with van der Waals surface area (Å²) in [6.45, 7) is 8.28. The van der Waals surface area contributed by atoms with Crippen molar-refractivity contribution in [1.82, 2.24) is 20.3 Å². The number of aldehydes is 1. The van der Waals surface area contributed by atoms with Gasteiger partial charge in [-0.3, -0.25) is 0 Å². The van der Waals surface area contributed by atoms with Gasteiger partial charge in [0, 0.05) is 19.3 Å². The first-order chi connectivity index (χ1) is 11.7. The highest BCUT2D eigenvalue weighted by Crippen LogP contribution is 2.31. The Morgan fingerprint density at radius 1 is 1.44 bits per heavy atom. The molecule has 1 saturated heterocycles. The van der Waals surface area contributed by atoms with Crippen LogP contribution >= 0.6 is 0 Å². The fourth-order valence-electron chi connectivity index (χ4n) is 3.09. The number of anilines is 1. The highest BCUT2D eigenvalue weighted by atomic mass is 16.6. The number of H-pyrrole nitrogens is 1. The minimum absolute atomic E-state index is 0.340. The van der Waals surface area contributed by atoms with Crippen molar-refractivity contribution in [3.8, 4) is 0 Å². The topological polar surface area (TPSA) is 100 Å². The Bertz CT molecular complexity index is 810. The average molecular weight is 345 g/mol. The van der Waals surface area contributed by atoms with Crippen LogP contribution in [0.15, 0.2) is 12.5 Å². The van der Waals surface area contributed by atoms with Gasteiger partial charge in [-0.05, 0) is 39.7 Å². The number of amides is 1. The smallest absolute Gasteiger partial charge is 0.408 e. The van der Waals surface area contributed by atoms with Gasteiger partial charge in [0.2, 0.25) is 0 Å². The summed E-state index contributed by atoms with van der Waals surface area (Å²) in [6, 6.07) is 0. The second-order valence-corrected chi connectivity index (χ2v) is 7.47. The lowest BCUT2D eigenvalue weighted by atomic mass is 10.0. The molecule has 0 aromatic carbocycles. The monoisotopic (exact) mass is 345 g/mol. The van der Waals surface area contributed by atoms with E-state index in [1.54, 1.807) is 20.8 Å². The van der Waals surface area contributed by atoms with Gasteiger partial charge in [0.05, 0.1) is 5.39 Å². The third kappa shape index (κ3) is 3.42. The molecule has 2 N–H and O–H groups in total. The molecular formula is C17H23N5O3. The summed E-state index contributed by atoms with van der Waals surface area (Å²) in [7, 11) is 0. The maximum Gasteiger partial charge on any atom is 0.408 e. The number of rotatable bonds is 3. The summed E-state index contributed by atoms with van der Waals surface area (Å²) in [6.07, 6.45) is 4.07. The zero-order chi connectivity index (χ0) is 18.2. The Balaban J connectivity index is 1.82. The third-order valence-electron chi connectivity index (χ3n) is 4.22. The molecule has 0 saturated carbocycles. The first-order valence-electron chi connectivity index (χ1n) is 8.24. The quantitative estimate of drug-likeness (QED) is 0.825. The van der Waals surface area contributed by atoms with Crippen LogP contribution in [0.3, 0.4) is 0 Å². The van der Waals surface area contributed by atoms with E-state index in [1.807, 2.05) is 18.0 Å². The van der Waals surface area contributed by atoms with E-state index in [0.717, 1.165) is 28.7 Å². The van der Waals surface area contributed by atoms with Crippen molar-refractivity contribution >= 4 is 29.2 Å². The van der Waals surface area contributed by atoms with Crippen LogP contribution in [0.25, 0.3) is 11.0 Å². The molecule has 0 aliphatic carbocycles. The first-order valence-corrected chi connectivity index (χ1v) is 8.24. The molecule has 1 amide bonds. The molecule has 8 nitrogen and oxygen atoms in total. The number of alkyl carbamates (subject to hydrolysis) is 1. The van der Waals surface area contributed by atoms with Gasteiger partial charge >= 0.3 is 6.09 Å². The molecule has 0 spiro atoms. The molecular weight excluding hydrogens is 322 g/mol. The van der Waals surface area contributed by atoms with Crippen molar-refractivity contribution in [2.75, 3.05) is 18.0 Å². The molecule has 3 rings (SSSR count). The van der Waals surface area contributed by atoms with Crippen molar-refractivity contribution in [3.05, 3.63) is 18.1 Å². The molecule has 1 aliphatic rings. The third-order valence-corrected chi connectivity index (χ3v) is 4.22. The van der Waals surface area contributed by atoms with Crippen molar-refractivity contribution in [2.24, 2.45) is 0 Å². The lowest BCUT2D eigenvalue weighted by Crippen LogP contribution is -2.53. The number of hydrogen-bond acceptors (Lipinski definition) is 6. The Kier molecular flexibility index (Phi) is 4.14. The fraction of sp³-hybridized carbons (Fsp3) is 0.529. The Hall–Kier alpha value is -2.64. The molecule has 1 fully saturated rings. The van der Waals surface area contributed by atoms with E-state index in [0.29, 0.717) is 19.5 Å². The Labute approximate surface area is 146 Å². The minimum atomic E-state index is -0.982. The van der Waals surface area contributed by atoms with Crippen molar-refractivity contribution in [1.29, 1.82) is 0 Å². The van der Waals surface area contributed by atoms with Crippen LogP contribution in [0, 0.1) is 6.92 Å². The number of ether oxygens (including phenoxy) is 1. The predicted octanol–water partition coefficient (Wildman–Crippen LogP) is 1.94. The van der Waals surface area contributed by atoms with Crippen LogP contribution in [-0.4, -0.2) is 51.6 Å². The van der Waals surface area contributed by atoms with E-state index in [4.69, 9.17) is 4.74 Å². The summed E-state index contributed by atoms with van der Waals surface area (Å²) in [5.41, 5.74) is 0.192. The lowest BCUT2D eigenvalue weighted by Gasteiger charge is -2.27. The average Bonchev–Trinajstić information content (AvgIpc) is 3.10. The molecule has 0 radical (unpaired) electrons. The Morgan fingerprint density at radius 3 is 2.88 bits per heavy atom. The molecule has 1 atom stereocenters. The normalized spacial score (nSPS) is 20.7. The Morgan fingerprint density at radius 2 is 2.20 bits per heavy atom. The summed E-state index contributed by atoms with van der Waals surface area (Å²) in [5, 5.41) is 3.66. The molecule has 0 bridgehead atoms. The summed E-state index contributed by atoms with van der Waals surface area (Å²) >= 11 is 0. The van der Waals surface area contributed by atoms with Crippen molar-refractivity contribution in [3.63, 3.8) is 0 Å². The van der Waals surface area contributed by atoms with Crippen LogP contribution in [0.4, 0.5) is 10.6 Å². The van der Waals surface area contributed by atoms with Crippen molar-refractivity contribution in [2.45, 2.75) is 45.3 Å². The maximum absolute atomic E-state index is 12.1. The summed E-state index contributed by atoms with van der Waals surface area (Å²) in [4.78, 5) is 37.6. The standard InChI is InChI=1S/C17H23N5O3/c1-11-7-18-13-12(11)14(20-10-19-13)22-6-5-17(8-22,9-23)21-15(24)25-16(2,3)4/h7,9-10H,5-6,8H2,1-4H3,(H,21,24)(H,18,19,20). The maximum atomic E-state index is 12.1. The van der Waals surface area contributed by atoms with Gasteiger partial charge in [-0.2, -0.15) is 0 Å². The van der Waals surface area contributed by atoms with Crippen LogP contribution in [0.5, 0.6) is 0 Å².